The van der Waals surface area contributed by atoms with Gasteiger partial charge in [-0.3, -0.25) is 0 Å². The minimum atomic E-state index is -0.0222. The SMILES string of the molecule is CNC1(c2cccc(-c3ccccc3)c2)CCN(c2ncnc3[nH]ccc23)CC1. The molecule has 0 unspecified atom stereocenters. The van der Waals surface area contributed by atoms with Crippen molar-refractivity contribution in [1.82, 2.24) is 20.3 Å². The number of nitrogens with zero attached hydrogens (tertiary/aromatic N) is 3. The minimum absolute atomic E-state index is 0.0222. The normalized spacial score (nSPS) is 16.2. The number of piperidine rings is 1. The molecule has 4 aromatic rings. The Morgan fingerprint density at radius 1 is 0.931 bits per heavy atom. The van der Waals surface area contributed by atoms with E-state index in [2.05, 4.69) is 92.9 Å². The predicted octanol–water partition coefficient (Wildman–Crippen LogP) is 4.34. The van der Waals surface area contributed by atoms with Gasteiger partial charge in [0, 0.05) is 24.8 Å². The van der Waals surface area contributed by atoms with E-state index in [1.807, 2.05) is 6.20 Å². The van der Waals surface area contributed by atoms with Crippen LogP contribution in [0.5, 0.6) is 0 Å². The quantitative estimate of drug-likeness (QED) is 0.550. The lowest BCUT2D eigenvalue weighted by Crippen LogP contribution is -2.50. The van der Waals surface area contributed by atoms with E-state index in [0.29, 0.717) is 0 Å². The molecule has 5 nitrogen and oxygen atoms in total. The number of hydrogen-bond donors (Lipinski definition) is 2. The largest absolute Gasteiger partial charge is 0.356 e. The third-order valence-electron chi connectivity index (χ3n) is 6.25. The smallest absolute Gasteiger partial charge is 0.142 e. The second-order valence-electron chi connectivity index (χ2n) is 7.70. The number of nitrogens with one attached hydrogen (secondary N) is 2. The Hall–Kier alpha value is -3.18. The van der Waals surface area contributed by atoms with Crippen LogP contribution in [0, 0.1) is 0 Å². The van der Waals surface area contributed by atoms with Gasteiger partial charge in [0.05, 0.1) is 5.39 Å². The molecule has 29 heavy (non-hydrogen) atoms. The summed E-state index contributed by atoms with van der Waals surface area (Å²) in [6.07, 6.45) is 5.63. The highest BCUT2D eigenvalue weighted by atomic mass is 15.2. The standard InChI is InChI=1S/C24H25N5/c1-25-24(20-9-5-8-19(16-20)18-6-3-2-4-7-18)11-14-29(15-12-24)23-21-10-13-26-22(21)27-17-28-23/h2-10,13,16-17,25H,11-12,14-15H2,1H3,(H,26,27,28). The van der Waals surface area contributed by atoms with Crippen molar-refractivity contribution < 1.29 is 0 Å². The average Bonchev–Trinajstić information content (AvgIpc) is 3.29. The van der Waals surface area contributed by atoms with Crippen LogP contribution in [0.25, 0.3) is 22.2 Å². The maximum absolute atomic E-state index is 4.58. The number of anilines is 1. The molecule has 0 aliphatic carbocycles. The lowest BCUT2D eigenvalue weighted by Gasteiger charge is -2.43. The first-order valence-electron chi connectivity index (χ1n) is 10.2. The summed E-state index contributed by atoms with van der Waals surface area (Å²) in [4.78, 5) is 14.5. The summed E-state index contributed by atoms with van der Waals surface area (Å²) < 4.78 is 0. The fraction of sp³-hybridized carbons (Fsp3) is 0.250. The Kier molecular flexibility index (Phi) is 4.52. The molecule has 5 heteroatoms. The van der Waals surface area contributed by atoms with Gasteiger partial charge in [0.15, 0.2) is 0 Å². The second-order valence-corrected chi connectivity index (χ2v) is 7.70. The fourth-order valence-electron chi connectivity index (χ4n) is 4.52. The predicted molar refractivity (Wildman–Crippen MR) is 118 cm³/mol. The van der Waals surface area contributed by atoms with Crippen LogP contribution in [0.4, 0.5) is 5.82 Å². The zero-order valence-corrected chi connectivity index (χ0v) is 16.6. The van der Waals surface area contributed by atoms with Gasteiger partial charge in [-0.15, -0.1) is 0 Å². The number of aromatic nitrogens is 3. The zero-order valence-electron chi connectivity index (χ0n) is 16.6. The number of rotatable bonds is 4. The van der Waals surface area contributed by atoms with E-state index in [0.717, 1.165) is 42.8 Å². The monoisotopic (exact) mass is 383 g/mol. The van der Waals surface area contributed by atoms with Crippen molar-refractivity contribution in [2.45, 2.75) is 18.4 Å². The number of fused-ring (bicyclic) bond motifs is 1. The van der Waals surface area contributed by atoms with E-state index < -0.39 is 0 Å². The van der Waals surface area contributed by atoms with Crippen molar-refractivity contribution in [3.8, 4) is 11.1 Å². The van der Waals surface area contributed by atoms with Crippen LogP contribution in [0.3, 0.4) is 0 Å². The molecule has 1 aliphatic rings. The van der Waals surface area contributed by atoms with Gasteiger partial charge in [0.25, 0.3) is 0 Å². The number of aromatic amines is 1. The summed E-state index contributed by atoms with van der Waals surface area (Å²) in [6, 6.07) is 21.6. The third kappa shape index (κ3) is 3.17. The average molecular weight is 383 g/mol. The lowest BCUT2D eigenvalue weighted by atomic mass is 9.80. The molecule has 5 rings (SSSR count). The molecule has 0 amide bonds. The first-order chi connectivity index (χ1) is 14.3. The fourth-order valence-corrected chi connectivity index (χ4v) is 4.52. The Balaban J connectivity index is 1.42. The molecule has 0 radical (unpaired) electrons. The summed E-state index contributed by atoms with van der Waals surface area (Å²) in [5.74, 6) is 1.03. The minimum Gasteiger partial charge on any atom is -0.356 e. The number of hydrogen-bond acceptors (Lipinski definition) is 4. The third-order valence-corrected chi connectivity index (χ3v) is 6.25. The molecular formula is C24H25N5. The van der Waals surface area contributed by atoms with E-state index >= 15 is 0 Å². The molecule has 1 aliphatic heterocycles. The lowest BCUT2D eigenvalue weighted by molar-refractivity contribution is 0.282. The van der Waals surface area contributed by atoms with Crippen molar-refractivity contribution in [2.24, 2.45) is 0 Å². The van der Waals surface area contributed by atoms with Crippen LogP contribution in [0.2, 0.25) is 0 Å². The van der Waals surface area contributed by atoms with Gasteiger partial charge in [-0.1, -0.05) is 48.5 Å². The topological polar surface area (TPSA) is 56.8 Å². The van der Waals surface area contributed by atoms with Gasteiger partial charge < -0.3 is 15.2 Å². The van der Waals surface area contributed by atoms with Gasteiger partial charge >= 0.3 is 0 Å². The molecule has 0 bridgehead atoms. The Bertz CT molecular complexity index is 1110. The molecule has 2 aromatic carbocycles. The molecule has 2 N–H and O–H groups in total. The first-order valence-corrected chi connectivity index (χ1v) is 10.2. The van der Waals surface area contributed by atoms with E-state index in [1.54, 1.807) is 6.33 Å². The number of H-pyrrole nitrogens is 1. The summed E-state index contributed by atoms with van der Waals surface area (Å²) in [5.41, 5.74) is 4.76. The van der Waals surface area contributed by atoms with Crippen molar-refractivity contribution in [3.63, 3.8) is 0 Å². The second kappa shape index (κ2) is 7.33. The highest BCUT2D eigenvalue weighted by Gasteiger charge is 2.35. The summed E-state index contributed by atoms with van der Waals surface area (Å²) in [6.45, 7) is 1.90. The van der Waals surface area contributed by atoms with Gasteiger partial charge in [-0.25, -0.2) is 9.97 Å². The molecule has 146 valence electrons. The maximum Gasteiger partial charge on any atom is 0.142 e. The Morgan fingerprint density at radius 2 is 1.72 bits per heavy atom. The molecule has 0 atom stereocenters. The van der Waals surface area contributed by atoms with E-state index in [1.165, 1.54) is 16.7 Å². The molecule has 0 saturated carbocycles. The molecule has 3 heterocycles. The summed E-state index contributed by atoms with van der Waals surface area (Å²) >= 11 is 0. The van der Waals surface area contributed by atoms with E-state index in [4.69, 9.17) is 0 Å². The van der Waals surface area contributed by atoms with Gasteiger partial charge in [-0.05, 0) is 48.7 Å². The van der Waals surface area contributed by atoms with Crippen LogP contribution in [0.1, 0.15) is 18.4 Å². The van der Waals surface area contributed by atoms with Crippen LogP contribution < -0.4 is 10.2 Å². The van der Waals surface area contributed by atoms with Crippen LogP contribution in [0.15, 0.2) is 73.2 Å². The van der Waals surface area contributed by atoms with Crippen molar-refractivity contribution >= 4 is 16.9 Å². The van der Waals surface area contributed by atoms with Gasteiger partial charge in [0.1, 0.15) is 17.8 Å². The van der Waals surface area contributed by atoms with E-state index in [9.17, 15) is 0 Å². The molecular weight excluding hydrogens is 358 g/mol. The van der Waals surface area contributed by atoms with Crippen LogP contribution >= 0.6 is 0 Å². The van der Waals surface area contributed by atoms with Crippen molar-refractivity contribution in [2.75, 3.05) is 25.0 Å². The first kappa shape index (κ1) is 17.9. The Labute approximate surface area is 170 Å². The molecule has 1 saturated heterocycles. The molecule has 0 spiro atoms. The molecule has 2 aromatic heterocycles. The molecule has 1 fully saturated rings. The van der Waals surface area contributed by atoms with Crippen molar-refractivity contribution in [3.05, 3.63) is 78.8 Å². The van der Waals surface area contributed by atoms with Gasteiger partial charge in [0.2, 0.25) is 0 Å². The summed E-state index contributed by atoms with van der Waals surface area (Å²) in [5, 5.41) is 4.74. The van der Waals surface area contributed by atoms with Gasteiger partial charge in [-0.2, -0.15) is 0 Å². The van der Waals surface area contributed by atoms with Crippen LogP contribution in [-0.2, 0) is 5.54 Å². The highest BCUT2D eigenvalue weighted by molar-refractivity contribution is 5.87. The van der Waals surface area contributed by atoms with Crippen molar-refractivity contribution in [1.29, 1.82) is 0 Å². The van der Waals surface area contributed by atoms with E-state index in [-0.39, 0.29) is 5.54 Å². The highest BCUT2D eigenvalue weighted by Crippen LogP contribution is 2.36. The number of benzene rings is 2. The zero-order chi connectivity index (χ0) is 19.7. The Morgan fingerprint density at radius 3 is 2.52 bits per heavy atom. The van der Waals surface area contributed by atoms with Crippen LogP contribution in [-0.4, -0.2) is 35.1 Å². The maximum atomic E-state index is 4.58. The summed E-state index contributed by atoms with van der Waals surface area (Å²) in [7, 11) is 2.08.